The minimum Gasteiger partial charge on any atom is -0.497 e. The molecule has 3 rings (SSSR count). The van der Waals surface area contributed by atoms with Gasteiger partial charge in [0.15, 0.2) is 0 Å². The number of rotatable bonds is 3. The van der Waals surface area contributed by atoms with Crippen molar-refractivity contribution in [3.8, 4) is 5.75 Å². The molecule has 0 N–H and O–H groups in total. The normalized spacial score (nSPS) is 10.9. The highest BCUT2D eigenvalue weighted by molar-refractivity contribution is 5.80. The maximum absolute atomic E-state index is 13.9. The van der Waals surface area contributed by atoms with Crippen molar-refractivity contribution in [2.45, 2.75) is 6.54 Å². The van der Waals surface area contributed by atoms with Crippen molar-refractivity contribution in [1.82, 2.24) is 4.57 Å². The fourth-order valence-corrected chi connectivity index (χ4v) is 2.29. The van der Waals surface area contributed by atoms with Crippen LogP contribution >= 0.6 is 0 Å². The summed E-state index contributed by atoms with van der Waals surface area (Å²) in [4.78, 5) is 0. The number of benzene rings is 2. The monoisotopic (exact) mass is 273 g/mol. The summed E-state index contributed by atoms with van der Waals surface area (Å²) in [5, 5.41) is 0.543. The Kier molecular flexibility index (Phi) is 3.14. The summed E-state index contributed by atoms with van der Waals surface area (Å²) >= 11 is 0. The third-order valence-electron chi connectivity index (χ3n) is 3.36. The van der Waals surface area contributed by atoms with Crippen molar-refractivity contribution in [3.63, 3.8) is 0 Å². The highest BCUT2D eigenvalue weighted by Gasteiger charge is 2.08. The van der Waals surface area contributed by atoms with E-state index in [1.165, 1.54) is 19.2 Å². The summed E-state index contributed by atoms with van der Waals surface area (Å²) in [5.41, 5.74) is 1.28. The SMILES string of the molecule is COc1ccc(Cn2ccc3c(F)cccc32)c(F)c1. The Morgan fingerprint density at radius 1 is 1.05 bits per heavy atom. The van der Waals surface area contributed by atoms with Gasteiger partial charge in [0.2, 0.25) is 0 Å². The predicted molar refractivity (Wildman–Crippen MR) is 74.0 cm³/mol. The highest BCUT2D eigenvalue weighted by atomic mass is 19.1. The second-order valence-electron chi connectivity index (χ2n) is 4.57. The number of fused-ring (bicyclic) bond motifs is 1. The van der Waals surface area contributed by atoms with Gasteiger partial charge in [-0.05, 0) is 24.3 Å². The standard InChI is InChI=1S/C16H13F2NO/c1-20-12-6-5-11(15(18)9-12)10-19-8-7-13-14(17)3-2-4-16(13)19/h2-9H,10H2,1H3. The van der Waals surface area contributed by atoms with Gasteiger partial charge in [0.05, 0.1) is 19.2 Å². The third-order valence-corrected chi connectivity index (χ3v) is 3.36. The molecule has 0 bridgehead atoms. The summed E-state index contributed by atoms with van der Waals surface area (Å²) < 4.78 is 34.4. The summed E-state index contributed by atoms with van der Waals surface area (Å²) in [6.07, 6.45) is 1.76. The van der Waals surface area contributed by atoms with E-state index in [2.05, 4.69) is 0 Å². The second-order valence-corrected chi connectivity index (χ2v) is 4.57. The molecule has 0 radical (unpaired) electrons. The van der Waals surface area contributed by atoms with Crippen LogP contribution in [-0.2, 0) is 6.54 Å². The van der Waals surface area contributed by atoms with E-state index in [4.69, 9.17) is 4.74 Å². The Hall–Kier alpha value is -2.36. The largest absolute Gasteiger partial charge is 0.497 e. The Morgan fingerprint density at radius 2 is 1.90 bits per heavy atom. The number of aromatic nitrogens is 1. The molecule has 102 valence electrons. The molecule has 0 saturated heterocycles. The Morgan fingerprint density at radius 3 is 2.65 bits per heavy atom. The lowest BCUT2D eigenvalue weighted by atomic mass is 10.2. The van der Waals surface area contributed by atoms with Gasteiger partial charge in [0, 0.05) is 23.2 Å². The molecule has 1 aromatic heterocycles. The molecule has 4 heteroatoms. The van der Waals surface area contributed by atoms with Crippen molar-refractivity contribution >= 4 is 10.9 Å². The molecule has 20 heavy (non-hydrogen) atoms. The lowest BCUT2D eigenvalue weighted by molar-refractivity contribution is 0.410. The Bertz CT molecular complexity index is 764. The number of methoxy groups -OCH3 is 1. The van der Waals surface area contributed by atoms with Crippen molar-refractivity contribution in [3.05, 3.63) is 65.9 Å². The van der Waals surface area contributed by atoms with E-state index in [1.54, 1.807) is 30.5 Å². The molecule has 0 unspecified atom stereocenters. The molecule has 0 saturated carbocycles. The molecule has 0 aliphatic heterocycles. The van der Waals surface area contributed by atoms with Gasteiger partial charge in [-0.25, -0.2) is 8.78 Å². The van der Waals surface area contributed by atoms with Gasteiger partial charge in [-0.15, -0.1) is 0 Å². The third kappa shape index (κ3) is 2.13. The van der Waals surface area contributed by atoms with Crippen LogP contribution in [0.1, 0.15) is 5.56 Å². The quantitative estimate of drug-likeness (QED) is 0.704. The summed E-state index contributed by atoms with van der Waals surface area (Å²) in [5.74, 6) is -0.117. The van der Waals surface area contributed by atoms with E-state index < -0.39 is 0 Å². The maximum atomic E-state index is 13.9. The Labute approximate surface area is 115 Å². The van der Waals surface area contributed by atoms with Gasteiger partial charge in [-0.3, -0.25) is 0 Å². The van der Waals surface area contributed by atoms with E-state index in [1.807, 2.05) is 10.6 Å². The average molecular weight is 273 g/mol. The van der Waals surface area contributed by atoms with Crippen LogP contribution in [0.3, 0.4) is 0 Å². The molecular weight excluding hydrogens is 260 g/mol. The smallest absolute Gasteiger partial charge is 0.132 e. The van der Waals surface area contributed by atoms with Crippen LogP contribution < -0.4 is 4.74 Å². The number of hydrogen-bond acceptors (Lipinski definition) is 1. The van der Waals surface area contributed by atoms with E-state index in [9.17, 15) is 8.78 Å². The van der Waals surface area contributed by atoms with Gasteiger partial charge in [-0.2, -0.15) is 0 Å². The molecule has 0 spiro atoms. The second kappa shape index (κ2) is 4.96. The topological polar surface area (TPSA) is 14.2 Å². The maximum Gasteiger partial charge on any atom is 0.132 e. The van der Waals surface area contributed by atoms with E-state index in [-0.39, 0.29) is 11.6 Å². The predicted octanol–water partition coefficient (Wildman–Crippen LogP) is 3.98. The van der Waals surface area contributed by atoms with Crippen LogP contribution in [0.15, 0.2) is 48.7 Å². The molecule has 0 aliphatic carbocycles. The van der Waals surface area contributed by atoms with Crippen molar-refractivity contribution in [2.75, 3.05) is 7.11 Å². The number of ether oxygens (including phenoxy) is 1. The van der Waals surface area contributed by atoms with Crippen molar-refractivity contribution in [2.24, 2.45) is 0 Å². The zero-order valence-electron chi connectivity index (χ0n) is 10.9. The highest BCUT2D eigenvalue weighted by Crippen LogP contribution is 2.22. The lowest BCUT2D eigenvalue weighted by Gasteiger charge is -2.08. The molecular formula is C16H13F2NO. The van der Waals surface area contributed by atoms with E-state index in [0.29, 0.717) is 23.2 Å². The number of halogens is 2. The fraction of sp³-hybridized carbons (Fsp3) is 0.125. The minimum atomic E-state index is -0.331. The van der Waals surface area contributed by atoms with Crippen LogP contribution in [0.4, 0.5) is 8.78 Å². The molecule has 3 aromatic rings. The van der Waals surface area contributed by atoms with Crippen LogP contribution in [0, 0.1) is 11.6 Å². The first-order valence-corrected chi connectivity index (χ1v) is 6.25. The molecule has 1 heterocycles. The summed E-state index contributed by atoms with van der Waals surface area (Å²) in [6.45, 7) is 0.350. The van der Waals surface area contributed by atoms with E-state index in [0.717, 1.165) is 5.52 Å². The molecule has 0 atom stereocenters. The molecule has 0 amide bonds. The lowest BCUT2D eigenvalue weighted by Crippen LogP contribution is -2.01. The van der Waals surface area contributed by atoms with Crippen LogP contribution in [0.5, 0.6) is 5.75 Å². The summed E-state index contributed by atoms with van der Waals surface area (Å²) in [7, 11) is 1.50. The zero-order chi connectivity index (χ0) is 14.1. The first kappa shape index (κ1) is 12.7. The molecule has 0 fully saturated rings. The van der Waals surface area contributed by atoms with Gasteiger partial charge in [0.25, 0.3) is 0 Å². The first-order chi connectivity index (χ1) is 9.69. The number of nitrogens with zero attached hydrogens (tertiary/aromatic N) is 1. The molecule has 2 aromatic carbocycles. The van der Waals surface area contributed by atoms with Crippen LogP contribution in [-0.4, -0.2) is 11.7 Å². The van der Waals surface area contributed by atoms with Crippen LogP contribution in [0.2, 0.25) is 0 Å². The summed E-state index contributed by atoms with van der Waals surface area (Å²) in [6, 6.07) is 11.3. The van der Waals surface area contributed by atoms with Crippen molar-refractivity contribution < 1.29 is 13.5 Å². The average Bonchev–Trinajstić information content (AvgIpc) is 2.86. The van der Waals surface area contributed by atoms with Gasteiger partial charge in [0.1, 0.15) is 17.4 Å². The Balaban J connectivity index is 1.99. The van der Waals surface area contributed by atoms with Crippen molar-refractivity contribution in [1.29, 1.82) is 0 Å². The van der Waals surface area contributed by atoms with E-state index >= 15 is 0 Å². The molecule has 2 nitrogen and oxygen atoms in total. The fourth-order valence-electron chi connectivity index (χ4n) is 2.29. The first-order valence-electron chi connectivity index (χ1n) is 6.25. The van der Waals surface area contributed by atoms with Gasteiger partial charge in [-0.1, -0.05) is 12.1 Å². The number of hydrogen-bond donors (Lipinski definition) is 0. The minimum absolute atomic E-state index is 0.267. The molecule has 0 aliphatic rings. The van der Waals surface area contributed by atoms with Gasteiger partial charge >= 0.3 is 0 Å². The van der Waals surface area contributed by atoms with Crippen LogP contribution in [0.25, 0.3) is 10.9 Å². The zero-order valence-corrected chi connectivity index (χ0v) is 10.9. The van der Waals surface area contributed by atoms with Gasteiger partial charge < -0.3 is 9.30 Å².